The van der Waals surface area contributed by atoms with Gasteiger partial charge in [-0.05, 0) is 81.9 Å². The number of rotatable bonds is 7. The van der Waals surface area contributed by atoms with Crippen molar-refractivity contribution >= 4 is 22.7 Å². The van der Waals surface area contributed by atoms with Crippen LogP contribution in [0.3, 0.4) is 0 Å². The van der Waals surface area contributed by atoms with Gasteiger partial charge in [0, 0.05) is 30.5 Å². The van der Waals surface area contributed by atoms with Crippen LogP contribution in [0.1, 0.15) is 50.3 Å². The maximum absolute atomic E-state index is 13.3. The lowest BCUT2D eigenvalue weighted by Gasteiger charge is -2.55. The molecule has 0 saturated carbocycles. The molecule has 1 aromatic carbocycles. The van der Waals surface area contributed by atoms with Crippen molar-refractivity contribution in [1.82, 2.24) is 29.2 Å². The summed E-state index contributed by atoms with van der Waals surface area (Å²) in [4.78, 5) is 29.8. The van der Waals surface area contributed by atoms with Crippen LogP contribution in [0.2, 0.25) is 0 Å². The minimum absolute atomic E-state index is 0.238. The van der Waals surface area contributed by atoms with Gasteiger partial charge in [0.15, 0.2) is 11.5 Å². The minimum Gasteiger partial charge on any atom is -0.384 e. The Kier molecular flexibility index (Phi) is 6.72. The molecule has 4 fully saturated rings. The second-order valence-corrected chi connectivity index (χ2v) is 12.2. The summed E-state index contributed by atoms with van der Waals surface area (Å²) in [5.74, 6) is 2.02. The van der Waals surface area contributed by atoms with Gasteiger partial charge < -0.3 is 15.2 Å². The Hall–Kier alpha value is -3.86. The van der Waals surface area contributed by atoms with Crippen molar-refractivity contribution in [3.63, 3.8) is 0 Å². The highest BCUT2D eigenvalue weighted by Gasteiger charge is 2.48. The number of hydrogen-bond acceptors (Lipinski definition) is 8. The van der Waals surface area contributed by atoms with Gasteiger partial charge in [0.25, 0.3) is 5.56 Å². The van der Waals surface area contributed by atoms with E-state index in [1.807, 2.05) is 6.07 Å². The maximum atomic E-state index is 13.3. The van der Waals surface area contributed by atoms with Crippen molar-refractivity contribution in [3.8, 4) is 5.82 Å². The van der Waals surface area contributed by atoms with Crippen molar-refractivity contribution in [3.05, 3.63) is 82.9 Å². The van der Waals surface area contributed by atoms with E-state index in [0.29, 0.717) is 52.5 Å². The highest BCUT2D eigenvalue weighted by atomic mass is 16.5. The molecule has 10 nitrogen and oxygen atoms in total. The Morgan fingerprint density at radius 2 is 1.90 bits per heavy atom. The standard InChI is InChI=1S/C32H37N7O3/c1-4-15-38-30(40)24-19-33-31(36-29(24)39(38)26-7-5-6-25(35-26)32(2,3)41)34-22-10-8-20(9-11-22)23-14-18-42-28-21-12-16-37(17-13-21)27(23)28/h4-11,19,21,23,27-28,41H,1,12-18H2,2-3H3,(H,33,34,36). The summed E-state index contributed by atoms with van der Waals surface area (Å²) in [5.41, 5.74) is 1.74. The van der Waals surface area contributed by atoms with E-state index in [9.17, 15) is 9.90 Å². The van der Waals surface area contributed by atoms with Crippen LogP contribution in [0.25, 0.3) is 16.9 Å². The number of fused-ring (bicyclic) bond motifs is 3. The molecule has 3 aromatic heterocycles. The first-order chi connectivity index (χ1) is 20.3. The molecule has 0 amide bonds. The summed E-state index contributed by atoms with van der Waals surface area (Å²) in [6, 6.07) is 14.4. The summed E-state index contributed by atoms with van der Waals surface area (Å²) in [7, 11) is 0. The van der Waals surface area contributed by atoms with Crippen molar-refractivity contribution in [2.75, 3.05) is 25.0 Å². The topological polar surface area (TPSA) is 110 Å². The van der Waals surface area contributed by atoms with Crippen LogP contribution < -0.4 is 10.9 Å². The monoisotopic (exact) mass is 567 g/mol. The van der Waals surface area contributed by atoms with Gasteiger partial charge in [-0.25, -0.2) is 19.3 Å². The Morgan fingerprint density at radius 3 is 2.64 bits per heavy atom. The molecule has 0 aliphatic carbocycles. The average Bonchev–Trinajstić information content (AvgIpc) is 3.28. The van der Waals surface area contributed by atoms with E-state index in [4.69, 9.17) is 9.72 Å². The quantitative estimate of drug-likeness (QED) is 0.321. The smallest absolute Gasteiger partial charge is 0.278 e. The minimum atomic E-state index is -1.14. The molecule has 0 radical (unpaired) electrons. The number of nitrogens with one attached hydrogen (secondary N) is 1. The highest BCUT2D eigenvalue weighted by Crippen LogP contribution is 2.44. The normalized spacial score (nSPS) is 25.4. The van der Waals surface area contributed by atoms with Crippen molar-refractivity contribution in [2.45, 2.75) is 63.3 Å². The van der Waals surface area contributed by atoms with Crippen molar-refractivity contribution < 1.29 is 9.84 Å². The van der Waals surface area contributed by atoms with Crippen LogP contribution in [0.15, 0.2) is 66.1 Å². The van der Waals surface area contributed by atoms with Crippen molar-refractivity contribution in [1.29, 1.82) is 0 Å². The van der Waals surface area contributed by atoms with Gasteiger partial charge in [0.2, 0.25) is 5.95 Å². The summed E-state index contributed by atoms with van der Waals surface area (Å²) >= 11 is 0. The second kappa shape index (κ2) is 10.4. The van der Waals surface area contributed by atoms with E-state index in [-0.39, 0.29) is 12.1 Å². The van der Waals surface area contributed by atoms with Gasteiger partial charge in [0.05, 0.1) is 18.3 Å². The fraction of sp³-hybridized carbons (Fsp3) is 0.438. The summed E-state index contributed by atoms with van der Waals surface area (Å²) in [6.45, 7) is 10.6. The molecule has 2 N–H and O–H groups in total. The summed E-state index contributed by atoms with van der Waals surface area (Å²) in [5, 5.41) is 14.2. The zero-order valence-corrected chi connectivity index (χ0v) is 24.1. The molecule has 4 aliphatic heterocycles. The molecule has 218 valence electrons. The first-order valence-corrected chi connectivity index (χ1v) is 14.8. The van der Waals surface area contributed by atoms with E-state index in [0.717, 1.165) is 18.7 Å². The number of hydrogen-bond donors (Lipinski definition) is 2. The van der Waals surface area contributed by atoms with E-state index in [1.165, 1.54) is 36.2 Å². The van der Waals surface area contributed by atoms with E-state index < -0.39 is 5.60 Å². The predicted molar refractivity (Wildman–Crippen MR) is 161 cm³/mol. The Morgan fingerprint density at radius 1 is 1.12 bits per heavy atom. The van der Waals surface area contributed by atoms with Crippen LogP contribution in [-0.2, 0) is 16.9 Å². The fourth-order valence-corrected chi connectivity index (χ4v) is 7.05. The zero-order valence-electron chi connectivity index (χ0n) is 24.1. The molecule has 3 unspecified atom stereocenters. The molecule has 0 spiro atoms. The van der Waals surface area contributed by atoms with Crippen LogP contribution in [0.5, 0.6) is 0 Å². The van der Waals surface area contributed by atoms with Crippen molar-refractivity contribution in [2.24, 2.45) is 5.92 Å². The van der Waals surface area contributed by atoms with Crippen LogP contribution in [-0.4, -0.2) is 66.2 Å². The molecule has 2 bridgehead atoms. The lowest BCUT2D eigenvalue weighted by Crippen LogP contribution is -2.62. The van der Waals surface area contributed by atoms with Gasteiger partial charge in [-0.2, -0.15) is 4.98 Å². The maximum Gasteiger partial charge on any atom is 0.278 e. The fourth-order valence-electron chi connectivity index (χ4n) is 7.05. The number of aromatic nitrogens is 5. The van der Waals surface area contributed by atoms with Gasteiger partial charge in [-0.3, -0.25) is 9.69 Å². The van der Waals surface area contributed by atoms with Gasteiger partial charge in [-0.15, -0.1) is 6.58 Å². The molecule has 8 rings (SSSR count). The number of pyridine rings is 1. The van der Waals surface area contributed by atoms with E-state index in [1.54, 1.807) is 42.9 Å². The van der Waals surface area contributed by atoms with Crippen LogP contribution >= 0.6 is 0 Å². The third kappa shape index (κ3) is 4.63. The first kappa shape index (κ1) is 27.0. The number of ether oxygens (including phenoxy) is 1. The van der Waals surface area contributed by atoms with Gasteiger partial charge in [0.1, 0.15) is 11.0 Å². The number of aliphatic hydroxyl groups is 1. The van der Waals surface area contributed by atoms with Gasteiger partial charge >= 0.3 is 0 Å². The molecule has 3 atom stereocenters. The van der Waals surface area contributed by atoms with Crippen LogP contribution in [0, 0.1) is 5.92 Å². The molecule has 4 saturated heterocycles. The molecule has 42 heavy (non-hydrogen) atoms. The summed E-state index contributed by atoms with van der Waals surface area (Å²) < 4.78 is 9.47. The Bertz CT molecular complexity index is 1680. The number of allylic oxidation sites excluding steroid dienone is 1. The predicted octanol–water partition coefficient (Wildman–Crippen LogP) is 4.10. The van der Waals surface area contributed by atoms with Crippen LogP contribution in [0.4, 0.5) is 11.6 Å². The third-order valence-corrected chi connectivity index (χ3v) is 9.10. The largest absolute Gasteiger partial charge is 0.384 e. The lowest BCUT2D eigenvalue weighted by molar-refractivity contribution is -0.143. The average molecular weight is 568 g/mol. The number of benzene rings is 1. The number of piperidine rings is 3. The molecule has 7 heterocycles. The Labute approximate surface area is 244 Å². The second-order valence-electron chi connectivity index (χ2n) is 12.2. The van der Waals surface area contributed by atoms with E-state index >= 15 is 0 Å². The molecular formula is C32H37N7O3. The highest BCUT2D eigenvalue weighted by molar-refractivity contribution is 5.77. The SMILES string of the molecule is C=CCn1c(=O)c2cnc(Nc3ccc(C4CCOC5C6CCN(CC6)C45)cc3)nc2n1-c1cccc(C(C)(C)O)n1. The first-order valence-electron chi connectivity index (χ1n) is 14.8. The number of anilines is 2. The zero-order chi connectivity index (χ0) is 29.0. The lowest BCUT2D eigenvalue weighted by atomic mass is 9.72. The number of nitrogens with zero attached hydrogens (tertiary/aromatic N) is 6. The summed E-state index contributed by atoms with van der Waals surface area (Å²) in [6.07, 6.45) is 7.11. The van der Waals surface area contributed by atoms with Gasteiger partial charge in [-0.1, -0.05) is 24.3 Å². The molecule has 10 heteroatoms. The van der Waals surface area contributed by atoms with E-state index in [2.05, 4.69) is 51.0 Å². The third-order valence-electron chi connectivity index (χ3n) is 9.10. The molecular weight excluding hydrogens is 530 g/mol. The molecule has 4 aromatic rings. The molecule has 4 aliphatic rings. The Balaban J connectivity index is 1.19.